The minimum atomic E-state index is -0.434. The molecule has 0 aromatic heterocycles. The van der Waals surface area contributed by atoms with E-state index in [-0.39, 0.29) is 17.2 Å². The van der Waals surface area contributed by atoms with Gasteiger partial charge in [0.2, 0.25) is 5.75 Å². The number of amides is 2. The van der Waals surface area contributed by atoms with Crippen molar-refractivity contribution >= 4 is 29.0 Å². The average molecular weight is 293 g/mol. The zero-order chi connectivity index (χ0) is 14.7. The van der Waals surface area contributed by atoms with Gasteiger partial charge in [0.15, 0.2) is 11.5 Å². The van der Waals surface area contributed by atoms with Crippen LogP contribution in [0.3, 0.4) is 0 Å². The molecule has 1 aliphatic rings. The number of methoxy groups -OCH3 is 1. The minimum absolute atomic E-state index is 0.139. The van der Waals surface area contributed by atoms with E-state index in [2.05, 4.69) is 5.32 Å². The van der Waals surface area contributed by atoms with Crippen molar-refractivity contribution in [1.29, 1.82) is 0 Å². The number of nitrogens with one attached hydrogen (secondary N) is 1. The van der Waals surface area contributed by atoms with Crippen molar-refractivity contribution in [2.24, 2.45) is 0 Å². The highest BCUT2D eigenvalue weighted by Crippen LogP contribution is 2.36. The van der Waals surface area contributed by atoms with E-state index in [1.165, 1.54) is 25.3 Å². The van der Waals surface area contributed by atoms with Crippen molar-refractivity contribution in [3.63, 3.8) is 0 Å². The van der Waals surface area contributed by atoms with Gasteiger partial charge in [-0.05, 0) is 35.5 Å². The molecule has 0 aliphatic carbocycles. The largest absolute Gasteiger partial charge is 0.504 e. The zero-order valence-corrected chi connectivity index (χ0v) is 11.2. The van der Waals surface area contributed by atoms with Gasteiger partial charge in [0.1, 0.15) is 0 Å². The van der Waals surface area contributed by atoms with Crippen LogP contribution in [0.4, 0.5) is 4.79 Å². The molecule has 1 aromatic carbocycles. The van der Waals surface area contributed by atoms with E-state index in [0.29, 0.717) is 10.5 Å². The fourth-order valence-corrected chi connectivity index (χ4v) is 2.18. The Balaban J connectivity index is 2.20. The Morgan fingerprint density at radius 1 is 1.30 bits per heavy atom. The molecule has 7 heteroatoms. The second kappa shape index (κ2) is 5.70. The molecule has 1 heterocycles. The molecule has 2 rings (SSSR count). The molecule has 2 amide bonds. The van der Waals surface area contributed by atoms with Crippen LogP contribution in [0.5, 0.6) is 17.2 Å². The molecule has 1 aliphatic heterocycles. The molecule has 1 saturated heterocycles. The van der Waals surface area contributed by atoms with Crippen LogP contribution in [-0.2, 0) is 4.79 Å². The van der Waals surface area contributed by atoms with Crippen LogP contribution < -0.4 is 10.1 Å². The highest BCUT2D eigenvalue weighted by molar-refractivity contribution is 8.18. The maximum absolute atomic E-state index is 11.3. The third kappa shape index (κ3) is 2.94. The highest BCUT2D eigenvalue weighted by Gasteiger charge is 2.24. The van der Waals surface area contributed by atoms with Crippen LogP contribution in [-0.4, -0.2) is 28.5 Å². The number of phenolic OH excluding ortho intramolecular Hbond substituents is 2. The summed E-state index contributed by atoms with van der Waals surface area (Å²) in [5, 5.41) is 20.7. The van der Waals surface area contributed by atoms with Crippen molar-refractivity contribution in [2.75, 3.05) is 7.11 Å². The first-order chi connectivity index (χ1) is 9.51. The molecule has 0 unspecified atom stereocenters. The number of carbonyl (C=O) groups excluding carboxylic acids is 2. The first kappa shape index (κ1) is 14.0. The van der Waals surface area contributed by atoms with Gasteiger partial charge in [0.05, 0.1) is 12.0 Å². The quantitative estimate of drug-likeness (QED) is 0.582. The molecule has 0 saturated carbocycles. The van der Waals surface area contributed by atoms with Gasteiger partial charge in [-0.3, -0.25) is 14.9 Å². The number of carbonyl (C=O) groups is 2. The molecule has 3 N–H and O–H groups in total. The van der Waals surface area contributed by atoms with Crippen LogP contribution >= 0.6 is 11.8 Å². The Morgan fingerprint density at radius 2 is 2.05 bits per heavy atom. The molecule has 0 atom stereocenters. The Labute approximate surface area is 118 Å². The van der Waals surface area contributed by atoms with E-state index >= 15 is 0 Å². The smallest absolute Gasteiger partial charge is 0.290 e. The second-order valence-corrected chi connectivity index (χ2v) is 4.84. The maximum Gasteiger partial charge on any atom is 0.290 e. The van der Waals surface area contributed by atoms with Gasteiger partial charge >= 0.3 is 0 Å². The number of allylic oxidation sites excluding steroid dienone is 2. The molecule has 20 heavy (non-hydrogen) atoms. The zero-order valence-electron chi connectivity index (χ0n) is 10.4. The summed E-state index contributed by atoms with van der Waals surface area (Å²) < 4.78 is 4.91. The van der Waals surface area contributed by atoms with Crippen molar-refractivity contribution in [1.82, 2.24) is 5.32 Å². The number of benzene rings is 1. The van der Waals surface area contributed by atoms with Gasteiger partial charge in [-0.1, -0.05) is 12.2 Å². The third-order valence-electron chi connectivity index (χ3n) is 2.48. The lowest BCUT2D eigenvalue weighted by Crippen LogP contribution is -2.17. The van der Waals surface area contributed by atoms with Gasteiger partial charge in [-0.25, -0.2) is 0 Å². The summed E-state index contributed by atoms with van der Waals surface area (Å²) in [4.78, 5) is 22.5. The normalized spacial score (nSPS) is 16.9. The SMILES string of the molecule is COc1cc(C=CC=C2SC(=O)NC2=O)cc(O)c1O. The minimum Gasteiger partial charge on any atom is -0.504 e. The molecule has 6 nitrogen and oxygen atoms in total. The number of aromatic hydroxyl groups is 2. The number of hydrogen-bond donors (Lipinski definition) is 3. The van der Waals surface area contributed by atoms with Gasteiger partial charge in [0, 0.05) is 0 Å². The molecule has 1 aromatic rings. The number of ether oxygens (including phenoxy) is 1. The summed E-state index contributed by atoms with van der Waals surface area (Å²) in [7, 11) is 1.37. The lowest BCUT2D eigenvalue weighted by atomic mass is 10.1. The number of hydrogen-bond acceptors (Lipinski definition) is 6. The van der Waals surface area contributed by atoms with Gasteiger partial charge in [-0.2, -0.15) is 0 Å². The van der Waals surface area contributed by atoms with E-state index in [1.807, 2.05) is 0 Å². The van der Waals surface area contributed by atoms with E-state index in [9.17, 15) is 19.8 Å². The first-order valence-corrected chi connectivity index (χ1v) is 6.34. The summed E-state index contributed by atoms with van der Waals surface area (Å²) in [6.45, 7) is 0. The van der Waals surface area contributed by atoms with Crippen LogP contribution in [0.1, 0.15) is 5.56 Å². The number of rotatable bonds is 3. The molecule has 0 spiro atoms. The van der Waals surface area contributed by atoms with Crippen LogP contribution in [0.2, 0.25) is 0 Å². The Bertz CT molecular complexity index is 636. The molecular formula is C13H11NO5S. The van der Waals surface area contributed by atoms with Crippen molar-refractivity contribution in [3.05, 3.63) is 34.8 Å². The molecule has 0 radical (unpaired) electrons. The van der Waals surface area contributed by atoms with Crippen molar-refractivity contribution < 1.29 is 24.5 Å². The molecular weight excluding hydrogens is 282 g/mol. The van der Waals surface area contributed by atoms with Crippen LogP contribution in [0.25, 0.3) is 6.08 Å². The average Bonchev–Trinajstić information content (AvgIpc) is 2.72. The molecule has 0 bridgehead atoms. The Morgan fingerprint density at radius 3 is 2.65 bits per heavy atom. The van der Waals surface area contributed by atoms with Gasteiger partial charge in [0.25, 0.3) is 11.1 Å². The van der Waals surface area contributed by atoms with E-state index < -0.39 is 11.1 Å². The van der Waals surface area contributed by atoms with E-state index in [4.69, 9.17) is 4.74 Å². The molecule has 1 fully saturated rings. The van der Waals surface area contributed by atoms with Gasteiger partial charge < -0.3 is 14.9 Å². The third-order valence-corrected chi connectivity index (χ3v) is 3.30. The summed E-state index contributed by atoms with van der Waals surface area (Å²) >= 11 is 0.818. The Hall–Kier alpha value is -2.41. The maximum atomic E-state index is 11.3. The van der Waals surface area contributed by atoms with Gasteiger partial charge in [-0.15, -0.1) is 0 Å². The lowest BCUT2D eigenvalue weighted by Gasteiger charge is -2.06. The van der Waals surface area contributed by atoms with Crippen LogP contribution in [0, 0.1) is 0 Å². The fraction of sp³-hybridized carbons (Fsp3) is 0.0769. The number of thioether (sulfide) groups is 1. The number of phenols is 2. The fourth-order valence-electron chi connectivity index (χ4n) is 1.55. The van der Waals surface area contributed by atoms with E-state index in [1.54, 1.807) is 12.2 Å². The van der Waals surface area contributed by atoms with E-state index in [0.717, 1.165) is 11.8 Å². The summed E-state index contributed by atoms with van der Waals surface area (Å²) in [5.74, 6) is -0.935. The van der Waals surface area contributed by atoms with Crippen molar-refractivity contribution in [3.8, 4) is 17.2 Å². The van der Waals surface area contributed by atoms with Crippen molar-refractivity contribution in [2.45, 2.75) is 0 Å². The second-order valence-electron chi connectivity index (χ2n) is 3.82. The monoisotopic (exact) mass is 293 g/mol. The summed E-state index contributed by atoms with van der Waals surface area (Å²) in [5.41, 5.74) is 0.573. The summed E-state index contributed by atoms with van der Waals surface area (Å²) in [6, 6.07) is 2.87. The topological polar surface area (TPSA) is 95.9 Å². The standard InChI is InChI=1S/C13H11NO5S/c1-19-9-6-7(5-8(15)11(9)16)3-2-4-10-12(17)14-13(18)20-10/h2-6,15-16H,1H3,(H,14,17,18). The summed E-state index contributed by atoms with van der Waals surface area (Å²) in [6.07, 6.45) is 4.65. The number of imide groups is 1. The predicted octanol–water partition coefficient (Wildman–Crippen LogP) is 1.99. The first-order valence-electron chi connectivity index (χ1n) is 5.52. The predicted molar refractivity (Wildman–Crippen MR) is 74.6 cm³/mol. The lowest BCUT2D eigenvalue weighted by molar-refractivity contribution is -0.115. The Kier molecular flexibility index (Phi) is 3.99. The van der Waals surface area contributed by atoms with Crippen LogP contribution in [0.15, 0.2) is 29.2 Å². The molecule has 104 valence electrons. The highest BCUT2D eigenvalue weighted by atomic mass is 32.2.